The Morgan fingerprint density at radius 1 is 1.43 bits per heavy atom. The third kappa shape index (κ3) is 3.13. The third-order valence-corrected chi connectivity index (χ3v) is 3.93. The minimum absolute atomic E-state index is 0.528. The van der Waals surface area contributed by atoms with Crippen LogP contribution in [0.2, 0.25) is 0 Å². The highest BCUT2D eigenvalue weighted by atomic mass is 79.9. The molecule has 1 aromatic carbocycles. The molecule has 0 saturated heterocycles. The number of nitrogens with zero attached hydrogens (tertiary/aromatic N) is 2. The lowest BCUT2D eigenvalue weighted by atomic mass is 10.0. The fourth-order valence-electron chi connectivity index (χ4n) is 2.41. The molecule has 2 aromatic heterocycles. The lowest BCUT2D eigenvalue weighted by molar-refractivity contribution is 0.326. The second-order valence-electron chi connectivity index (χ2n) is 4.89. The summed E-state index contributed by atoms with van der Waals surface area (Å²) in [5.41, 5.74) is 3.19. The van der Waals surface area contributed by atoms with E-state index in [0.29, 0.717) is 18.1 Å². The fraction of sp³-hybridized carbons (Fsp3) is 0.111. The largest absolute Gasteiger partial charge is 0.478 e. The first-order valence-electron chi connectivity index (χ1n) is 7.19. The number of rotatable bonds is 4. The lowest BCUT2D eigenvalue weighted by Gasteiger charge is -2.05. The normalized spacial score (nSPS) is 11.4. The Balaban J connectivity index is 2.12. The Hall–Kier alpha value is -2.58. The number of hydrogen-bond acceptors (Lipinski definition) is 3. The summed E-state index contributed by atoms with van der Waals surface area (Å²) in [4.78, 5) is 7.42. The Morgan fingerprint density at radius 2 is 2.30 bits per heavy atom. The van der Waals surface area contributed by atoms with Crippen molar-refractivity contribution < 1.29 is 4.74 Å². The molecule has 0 bridgehead atoms. The van der Waals surface area contributed by atoms with Gasteiger partial charge in [-0.2, -0.15) is 5.26 Å². The quantitative estimate of drug-likeness (QED) is 0.674. The van der Waals surface area contributed by atoms with Gasteiger partial charge in [0.05, 0.1) is 18.2 Å². The summed E-state index contributed by atoms with van der Waals surface area (Å²) in [5.74, 6) is 0.531. The summed E-state index contributed by atoms with van der Waals surface area (Å²) in [6.07, 6.45) is 5.33. The molecule has 0 atom stereocenters. The maximum atomic E-state index is 9.60. The van der Waals surface area contributed by atoms with Gasteiger partial charge in [0.1, 0.15) is 0 Å². The van der Waals surface area contributed by atoms with E-state index in [2.05, 4.69) is 32.0 Å². The zero-order valence-corrected chi connectivity index (χ0v) is 14.1. The van der Waals surface area contributed by atoms with Crippen LogP contribution in [-0.4, -0.2) is 16.6 Å². The highest BCUT2D eigenvalue weighted by molar-refractivity contribution is 9.10. The Labute approximate surface area is 142 Å². The van der Waals surface area contributed by atoms with E-state index in [9.17, 15) is 5.26 Å². The SMILES string of the molecule is CCOc1ncccc1C=C(C#N)c1c[nH]c2ccc(Br)cc12. The molecule has 114 valence electrons. The number of hydrogen-bond donors (Lipinski definition) is 1. The van der Waals surface area contributed by atoms with Crippen LogP contribution >= 0.6 is 15.9 Å². The van der Waals surface area contributed by atoms with Crippen molar-refractivity contribution in [1.82, 2.24) is 9.97 Å². The van der Waals surface area contributed by atoms with Crippen LogP contribution in [0.25, 0.3) is 22.6 Å². The van der Waals surface area contributed by atoms with Gasteiger partial charge in [0.15, 0.2) is 0 Å². The van der Waals surface area contributed by atoms with E-state index in [1.807, 2.05) is 49.5 Å². The first-order chi connectivity index (χ1) is 11.2. The number of aromatic amines is 1. The minimum atomic E-state index is 0.528. The molecular formula is C18H14BrN3O. The third-order valence-electron chi connectivity index (χ3n) is 3.44. The van der Waals surface area contributed by atoms with Crippen LogP contribution in [0.4, 0.5) is 0 Å². The number of aromatic nitrogens is 2. The molecule has 0 aliphatic rings. The average molecular weight is 368 g/mol. The number of fused-ring (bicyclic) bond motifs is 1. The Kier molecular flexibility index (Phi) is 4.45. The van der Waals surface area contributed by atoms with Crippen molar-refractivity contribution >= 4 is 38.5 Å². The number of nitriles is 1. The van der Waals surface area contributed by atoms with E-state index in [1.165, 1.54) is 0 Å². The number of benzene rings is 1. The van der Waals surface area contributed by atoms with E-state index >= 15 is 0 Å². The van der Waals surface area contributed by atoms with E-state index < -0.39 is 0 Å². The number of halogens is 1. The maximum absolute atomic E-state index is 9.60. The van der Waals surface area contributed by atoms with Gasteiger partial charge in [-0.1, -0.05) is 15.9 Å². The topological polar surface area (TPSA) is 61.7 Å². The standard InChI is InChI=1S/C18H14BrN3O/c1-2-23-18-12(4-3-7-21-18)8-13(10-20)16-11-22-17-6-5-14(19)9-15(16)17/h3-9,11,22H,2H2,1H3. The summed E-state index contributed by atoms with van der Waals surface area (Å²) < 4.78 is 6.50. The van der Waals surface area contributed by atoms with Crippen molar-refractivity contribution in [1.29, 1.82) is 5.26 Å². The Bertz CT molecular complexity index is 921. The molecular weight excluding hydrogens is 354 g/mol. The van der Waals surface area contributed by atoms with Gasteiger partial charge in [0, 0.05) is 38.9 Å². The molecule has 0 fully saturated rings. The zero-order chi connectivity index (χ0) is 16.2. The molecule has 3 rings (SSSR count). The molecule has 1 N–H and O–H groups in total. The van der Waals surface area contributed by atoms with Gasteiger partial charge in [-0.3, -0.25) is 0 Å². The maximum Gasteiger partial charge on any atom is 0.220 e. The Morgan fingerprint density at radius 3 is 3.09 bits per heavy atom. The molecule has 0 saturated carbocycles. The van der Waals surface area contributed by atoms with Gasteiger partial charge in [0.25, 0.3) is 0 Å². The zero-order valence-electron chi connectivity index (χ0n) is 12.5. The summed E-state index contributed by atoms with van der Waals surface area (Å²) in [6.45, 7) is 2.43. The van der Waals surface area contributed by atoms with Gasteiger partial charge in [-0.25, -0.2) is 4.98 Å². The highest BCUT2D eigenvalue weighted by Crippen LogP contribution is 2.30. The second-order valence-corrected chi connectivity index (χ2v) is 5.81. The van der Waals surface area contributed by atoms with Gasteiger partial charge in [-0.15, -0.1) is 0 Å². The molecule has 0 radical (unpaired) electrons. The number of ether oxygens (including phenoxy) is 1. The first-order valence-corrected chi connectivity index (χ1v) is 7.99. The van der Waals surface area contributed by atoms with E-state index in [0.717, 1.165) is 26.5 Å². The summed E-state index contributed by atoms with van der Waals surface area (Å²) in [6, 6.07) is 11.9. The fourth-order valence-corrected chi connectivity index (χ4v) is 2.77. The van der Waals surface area contributed by atoms with Crippen LogP contribution in [-0.2, 0) is 0 Å². The van der Waals surface area contributed by atoms with Crippen molar-refractivity contribution in [2.75, 3.05) is 6.61 Å². The van der Waals surface area contributed by atoms with E-state index in [1.54, 1.807) is 6.20 Å². The van der Waals surface area contributed by atoms with Crippen LogP contribution in [0.5, 0.6) is 5.88 Å². The van der Waals surface area contributed by atoms with Crippen LogP contribution in [0.15, 0.2) is 47.2 Å². The summed E-state index contributed by atoms with van der Waals surface area (Å²) >= 11 is 3.48. The second kappa shape index (κ2) is 6.67. The lowest BCUT2D eigenvalue weighted by Crippen LogP contribution is -1.96. The van der Waals surface area contributed by atoms with Gasteiger partial charge < -0.3 is 9.72 Å². The van der Waals surface area contributed by atoms with Crippen LogP contribution in [0.3, 0.4) is 0 Å². The number of pyridine rings is 1. The van der Waals surface area contributed by atoms with E-state index in [4.69, 9.17) is 4.74 Å². The first kappa shape index (κ1) is 15.3. The predicted molar refractivity (Wildman–Crippen MR) is 94.9 cm³/mol. The molecule has 0 spiro atoms. The minimum Gasteiger partial charge on any atom is -0.478 e. The van der Waals surface area contributed by atoms with Gasteiger partial charge >= 0.3 is 0 Å². The molecule has 23 heavy (non-hydrogen) atoms. The summed E-state index contributed by atoms with van der Waals surface area (Å²) in [5, 5.41) is 10.6. The predicted octanol–water partition coefficient (Wildman–Crippen LogP) is 4.79. The van der Waals surface area contributed by atoms with Crippen molar-refractivity contribution in [3.8, 4) is 11.9 Å². The number of H-pyrrole nitrogens is 1. The smallest absolute Gasteiger partial charge is 0.220 e. The van der Waals surface area contributed by atoms with Gasteiger partial charge in [-0.05, 0) is 43.3 Å². The van der Waals surface area contributed by atoms with Crippen molar-refractivity contribution in [3.05, 3.63) is 58.3 Å². The summed E-state index contributed by atoms with van der Waals surface area (Å²) in [7, 11) is 0. The molecule has 5 heteroatoms. The van der Waals surface area contributed by atoms with Crippen LogP contribution in [0, 0.1) is 11.3 Å². The number of allylic oxidation sites excluding steroid dienone is 1. The molecule has 0 aliphatic heterocycles. The van der Waals surface area contributed by atoms with Crippen LogP contribution < -0.4 is 4.74 Å². The molecule has 3 aromatic rings. The van der Waals surface area contributed by atoms with Crippen molar-refractivity contribution in [2.45, 2.75) is 6.92 Å². The molecule has 2 heterocycles. The molecule has 0 unspecified atom stereocenters. The molecule has 0 aliphatic carbocycles. The van der Waals surface area contributed by atoms with Crippen molar-refractivity contribution in [3.63, 3.8) is 0 Å². The molecule has 4 nitrogen and oxygen atoms in total. The monoisotopic (exact) mass is 367 g/mol. The number of nitrogens with one attached hydrogen (secondary N) is 1. The molecule has 0 amide bonds. The van der Waals surface area contributed by atoms with E-state index in [-0.39, 0.29) is 0 Å². The van der Waals surface area contributed by atoms with Gasteiger partial charge in [0.2, 0.25) is 5.88 Å². The van der Waals surface area contributed by atoms with Crippen LogP contribution in [0.1, 0.15) is 18.1 Å². The van der Waals surface area contributed by atoms with Crippen molar-refractivity contribution in [2.24, 2.45) is 0 Å². The average Bonchev–Trinajstić information content (AvgIpc) is 2.97. The highest BCUT2D eigenvalue weighted by Gasteiger charge is 2.11.